The molecule has 1 aromatic carbocycles. The van der Waals surface area contributed by atoms with Crippen LogP contribution >= 0.6 is 11.6 Å². The number of nitrogen functional groups attached to an aromatic ring is 1. The zero-order valence-corrected chi connectivity index (χ0v) is 14.8. The second-order valence-corrected chi connectivity index (χ2v) is 5.93. The summed E-state index contributed by atoms with van der Waals surface area (Å²) in [4.78, 5) is 49.8. The minimum atomic E-state index is -0.910. The molecule has 2 rings (SSSR count). The number of esters is 1. The van der Waals surface area contributed by atoms with Gasteiger partial charge in [0, 0.05) is 11.6 Å². The SMILES string of the molecule is CCCn1c(N)c(C(=O)COC(=O)Cc2ccccc2Cl)c(=O)[nH]c1=O. The van der Waals surface area contributed by atoms with Gasteiger partial charge >= 0.3 is 11.7 Å². The Kier molecular flexibility index (Phi) is 6.35. The highest BCUT2D eigenvalue weighted by Gasteiger charge is 2.20. The molecule has 9 heteroatoms. The molecular formula is C17H18ClN3O5. The summed E-state index contributed by atoms with van der Waals surface area (Å²) in [6.45, 7) is 1.39. The van der Waals surface area contributed by atoms with Crippen LogP contribution in [0.3, 0.4) is 0 Å². The fourth-order valence-corrected chi connectivity index (χ4v) is 2.57. The summed E-state index contributed by atoms with van der Waals surface area (Å²) in [5.41, 5.74) is 4.34. The van der Waals surface area contributed by atoms with Crippen molar-refractivity contribution in [1.29, 1.82) is 0 Å². The van der Waals surface area contributed by atoms with Gasteiger partial charge in [-0.25, -0.2) is 4.79 Å². The van der Waals surface area contributed by atoms with Crippen LogP contribution in [-0.4, -0.2) is 27.9 Å². The van der Waals surface area contributed by atoms with Gasteiger partial charge in [0.1, 0.15) is 11.4 Å². The van der Waals surface area contributed by atoms with E-state index in [4.69, 9.17) is 22.1 Å². The molecule has 0 unspecified atom stereocenters. The third-order valence-electron chi connectivity index (χ3n) is 3.62. The lowest BCUT2D eigenvalue weighted by Crippen LogP contribution is -2.37. The van der Waals surface area contributed by atoms with Crippen molar-refractivity contribution in [3.8, 4) is 0 Å². The number of Topliss-reactive ketones (excluding diaryl/α,β-unsaturated/α-hetero) is 1. The maximum atomic E-state index is 12.3. The normalized spacial score (nSPS) is 10.5. The zero-order valence-electron chi connectivity index (χ0n) is 14.1. The quantitative estimate of drug-likeness (QED) is 0.549. The van der Waals surface area contributed by atoms with E-state index >= 15 is 0 Å². The van der Waals surface area contributed by atoms with Crippen molar-refractivity contribution in [2.24, 2.45) is 0 Å². The van der Waals surface area contributed by atoms with Crippen molar-refractivity contribution in [3.05, 3.63) is 61.3 Å². The predicted molar refractivity (Wildman–Crippen MR) is 96.5 cm³/mol. The van der Waals surface area contributed by atoms with Gasteiger partial charge in [0.25, 0.3) is 5.56 Å². The van der Waals surface area contributed by atoms with Gasteiger partial charge in [0.05, 0.1) is 6.42 Å². The van der Waals surface area contributed by atoms with Crippen LogP contribution in [0.2, 0.25) is 5.02 Å². The van der Waals surface area contributed by atoms with Gasteiger partial charge in [-0.3, -0.25) is 23.9 Å². The van der Waals surface area contributed by atoms with E-state index in [0.29, 0.717) is 17.0 Å². The zero-order chi connectivity index (χ0) is 19.3. The van der Waals surface area contributed by atoms with Crippen molar-refractivity contribution in [3.63, 3.8) is 0 Å². The molecule has 0 saturated heterocycles. The number of rotatable bonds is 7. The number of hydrogen-bond donors (Lipinski definition) is 2. The Morgan fingerprint density at radius 1 is 1.27 bits per heavy atom. The molecule has 0 atom stereocenters. The van der Waals surface area contributed by atoms with Gasteiger partial charge in [0.15, 0.2) is 6.61 Å². The number of benzene rings is 1. The molecule has 0 aliphatic rings. The van der Waals surface area contributed by atoms with E-state index in [-0.39, 0.29) is 18.8 Å². The molecule has 1 aromatic heterocycles. The lowest BCUT2D eigenvalue weighted by molar-refractivity contribution is -0.141. The maximum absolute atomic E-state index is 12.3. The van der Waals surface area contributed by atoms with Crippen molar-refractivity contribution in [2.45, 2.75) is 26.3 Å². The van der Waals surface area contributed by atoms with E-state index < -0.39 is 35.2 Å². The Hall–Kier alpha value is -2.87. The van der Waals surface area contributed by atoms with Crippen LogP contribution in [0.1, 0.15) is 29.3 Å². The van der Waals surface area contributed by atoms with Crippen LogP contribution in [0.4, 0.5) is 5.82 Å². The Morgan fingerprint density at radius 2 is 1.96 bits per heavy atom. The predicted octanol–water partition coefficient (Wildman–Crippen LogP) is 1.15. The number of anilines is 1. The number of aromatic amines is 1. The highest BCUT2D eigenvalue weighted by Crippen LogP contribution is 2.15. The number of nitrogens with two attached hydrogens (primary N) is 1. The summed E-state index contributed by atoms with van der Waals surface area (Å²) < 4.78 is 6.01. The van der Waals surface area contributed by atoms with E-state index in [2.05, 4.69) is 0 Å². The number of ether oxygens (including phenoxy) is 1. The van der Waals surface area contributed by atoms with Crippen LogP contribution < -0.4 is 17.0 Å². The molecule has 0 aliphatic carbocycles. The number of ketones is 1. The number of carbonyl (C=O) groups excluding carboxylic acids is 2. The van der Waals surface area contributed by atoms with E-state index in [1.54, 1.807) is 24.3 Å². The molecule has 26 heavy (non-hydrogen) atoms. The van der Waals surface area contributed by atoms with Crippen molar-refractivity contribution >= 4 is 29.2 Å². The Bertz CT molecular complexity index is 948. The number of nitrogens with zero attached hydrogens (tertiary/aromatic N) is 1. The first-order chi connectivity index (χ1) is 12.3. The molecule has 0 saturated carbocycles. The van der Waals surface area contributed by atoms with Crippen LogP contribution in [-0.2, 0) is 22.5 Å². The second kappa shape index (κ2) is 8.48. The number of H-pyrrole nitrogens is 1. The molecule has 2 aromatic rings. The van der Waals surface area contributed by atoms with Gasteiger partial charge in [0.2, 0.25) is 5.78 Å². The fourth-order valence-electron chi connectivity index (χ4n) is 2.37. The third-order valence-corrected chi connectivity index (χ3v) is 3.99. The first kappa shape index (κ1) is 19.5. The van der Waals surface area contributed by atoms with Gasteiger partial charge in [-0.2, -0.15) is 0 Å². The van der Waals surface area contributed by atoms with Crippen molar-refractivity contribution in [2.75, 3.05) is 12.3 Å². The van der Waals surface area contributed by atoms with Crippen molar-refractivity contribution < 1.29 is 14.3 Å². The number of carbonyl (C=O) groups is 2. The first-order valence-corrected chi connectivity index (χ1v) is 8.27. The summed E-state index contributed by atoms with van der Waals surface area (Å²) in [7, 11) is 0. The molecule has 0 amide bonds. The number of hydrogen-bond acceptors (Lipinski definition) is 6. The van der Waals surface area contributed by atoms with Gasteiger partial charge < -0.3 is 10.5 Å². The largest absolute Gasteiger partial charge is 0.457 e. The molecule has 0 spiro atoms. The standard InChI is InChI=1S/C17H18ClN3O5/c1-2-7-21-15(19)14(16(24)20-17(21)25)12(22)9-26-13(23)8-10-5-3-4-6-11(10)18/h3-6H,2,7-9,19H2,1H3,(H,20,24,25). The highest BCUT2D eigenvalue weighted by molar-refractivity contribution is 6.31. The van der Waals surface area contributed by atoms with E-state index in [0.717, 1.165) is 4.57 Å². The van der Waals surface area contributed by atoms with Crippen LogP contribution in [0.25, 0.3) is 0 Å². The number of aromatic nitrogens is 2. The molecule has 1 heterocycles. The summed E-state index contributed by atoms with van der Waals surface area (Å²) in [6.07, 6.45) is 0.463. The summed E-state index contributed by atoms with van der Waals surface area (Å²) in [5.74, 6) is -1.71. The molecule has 138 valence electrons. The average Bonchev–Trinajstić information content (AvgIpc) is 2.58. The molecule has 0 fully saturated rings. The van der Waals surface area contributed by atoms with E-state index in [1.165, 1.54) is 0 Å². The minimum absolute atomic E-state index is 0.117. The monoisotopic (exact) mass is 379 g/mol. The second-order valence-electron chi connectivity index (χ2n) is 5.52. The molecular weight excluding hydrogens is 362 g/mol. The van der Waals surface area contributed by atoms with Crippen molar-refractivity contribution in [1.82, 2.24) is 9.55 Å². The number of halogens is 1. The van der Waals surface area contributed by atoms with Crippen LogP contribution in [0.15, 0.2) is 33.9 Å². The molecule has 8 nitrogen and oxygen atoms in total. The molecule has 0 aliphatic heterocycles. The van der Waals surface area contributed by atoms with Crippen LogP contribution in [0.5, 0.6) is 0 Å². The Balaban J connectivity index is 2.12. The molecule has 0 radical (unpaired) electrons. The molecule has 0 bridgehead atoms. The van der Waals surface area contributed by atoms with Gasteiger partial charge in [-0.1, -0.05) is 36.7 Å². The summed E-state index contributed by atoms with van der Waals surface area (Å²) in [6, 6.07) is 6.74. The number of nitrogens with one attached hydrogen (secondary N) is 1. The Morgan fingerprint density at radius 3 is 2.62 bits per heavy atom. The average molecular weight is 380 g/mol. The lowest BCUT2D eigenvalue weighted by Gasteiger charge is -2.11. The highest BCUT2D eigenvalue weighted by atomic mass is 35.5. The van der Waals surface area contributed by atoms with E-state index in [9.17, 15) is 19.2 Å². The van der Waals surface area contributed by atoms with Gasteiger partial charge in [-0.15, -0.1) is 0 Å². The Labute approximate surface area is 153 Å². The maximum Gasteiger partial charge on any atom is 0.329 e. The lowest BCUT2D eigenvalue weighted by atomic mass is 10.1. The summed E-state index contributed by atoms with van der Waals surface area (Å²) >= 11 is 5.96. The van der Waals surface area contributed by atoms with Gasteiger partial charge in [-0.05, 0) is 18.1 Å². The van der Waals surface area contributed by atoms with E-state index in [1.807, 2.05) is 11.9 Å². The summed E-state index contributed by atoms with van der Waals surface area (Å²) in [5, 5.41) is 0.406. The fraction of sp³-hybridized carbons (Fsp3) is 0.294. The topological polar surface area (TPSA) is 124 Å². The third kappa shape index (κ3) is 4.40. The molecule has 3 N–H and O–H groups in total. The first-order valence-electron chi connectivity index (χ1n) is 7.90. The van der Waals surface area contributed by atoms with Crippen LogP contribution in [0, 0.1) is 0 Å². The minimum Gasteiger partial charge on any atom is -0.457 e. The smallest absolute Gasteiger partial charge is 0.329 e.